The smallest absolute Gasteiger partial charge is 0.406 e. The van der Waals surface area contributed by atoms with Crippen LogP contribution in [-0.4, -0.2) is 48.7 Å². The van der Waals surface area contributed by atoms with Gasteiger partial charge in [-0.1, -0.05) is 12.1 Å². The number of alkyl halides is 4. The number of halogens is 4. The van der Waals surface area contributed by atoms with Gasteiger partial charge >= 0.3 is 6.18 Å². The Hall–Kier alpha value is -1.63. The maximum Gasteiger partial charge on any atom is 0.406 e. The number of fused-ring (bicyclic) bond motifs is 1. The van der Waals surface area contributed by atoms with Crippen LogP contribution in [0.25, 0.3) is 0 Å². The van der Waals surface area contributed by atoms with Crippen molar-refractivity contribution in [2.45, 2.75) is 12.3 Å². The van der Waals surface area contributed by atoms with E-state index in [0.717, 1.165) is 0 Å². The molecular weight excluding hydrogens is 311 g/mol. The fourth-order valence-corrected chi connectivity index (χ4v) is 2.13. The molecular formula is C13H13ClF3NO3. The average molecular weight is 324 g/mol. The SMILES string of the molecule is O=C(C1COc2ccccc2O1)N(CCCl)CC(F)(F)F. The van der Waals surface area contributed by atoms with Gasteiger partial charge in [-0.3, -0.25) is 4.79 Å². The van der Waals surface area contributed by atoms with Crippen molar-refractivity contribution < 1.29 is 27.4 Å². The van der Waals surface area contributed by atoms with Crippen LogP contribution in [0.15, 0.2) is 24.3 Å². The fraction of sp³-hybridized carbons (Fsp3) is 0.462. The first kappa shape index (κ1) is 15.8. The fourth-order valence-electron chi connectivity index (χ4n) is 1.93. The van der Waals surface area contributed by atoms with Crippen LogP contribution in [-0.2, 0) is 4.79 Å². The molecule has 1 amide bonds. The summed E-state index contributed by atoms with van der Waals surface area (Å²) in [5, 5.41) is 0. The number of amides is 1. The summed E-state index contributed by atoms with van der Waals surface area (Å²) in [6.45, 7) is -1.70. The Morgan fingerprint density at radius 2 is 2.00 bits per heavy atom. The van der Waals surface area contributed by atoms with Crippen molar-refractivity contribution in [2.75, 3.05) is 25.6 Å². The second-order valence-corrected chi connectivity index (χ2v) is 4.81. The van der Waals surface area contributed by atoms with Gasteiger partial charge in [-0.15, -0.1) is 11.6 Å². The van der Waals surface area contributed by atoms with Crippen LogP contribution in [0.1, 0.15) is 0 Å². The maximum atomic E-state index is 12.5. The van der Waals surface area contributed by atoms with Gasteiger partial charge in [0.25, 0.3) is 5.91 Å². The Morgan fingerprint density at radius 1 is 1.33 bits per heavy atom. The van der Waals surface area contributed by atoms with Crippen LogP contribution in [0.2, 0.25) is 0 Å². The minimum atomic E-state index is -4.49. The molecule has 0 fully saturated rings. The number of carbonyl (C=O) groups excluding carboxylic acids is 1. The Bertz CT molecular complexity index is 510. The van der Waals surface area contributed by atoms with Gasteiger partial charge in [0.15, 0.2) is 11.5 Å². The minimum absolute atomic E-state index is 0.0913. The number of hydrogen-bond acceptors (Lipinski definition) is 3. The Morgan fingerprint density at radius 3 is 2.62 bits per heavy atom. The van der Waals surface area contributed by atoms with Gasteiger partial charge in [0.1, 0.15) is 13.2 Å². The van der Waals surface area contributed by atoms with E-state index < -0.39 is 24.7 Å². The lowest BCUT2D eigenvalue weighted by molar-refractivity contribution is -0.166. The molecule has 0 saturated carbocycles. The quantitative estimate of drug-likeness (QED) is 0.799. The number of nitrogens with zero attached hydrogens (tertiary/aromatic N) is 1. The number of hydrogen-bond donors (Lipinski definition) is 0. The third-order valence-electron chi connectivity index (χ3n) is 2.82. The first-order valence-corrected chi connectivity index (χ1v) is 6.74. The third kappa shape index (κ3) is 4.17. The lowest BCUT2D eigenvalue weighted by Gasteiger charge is -2.30. The predicted molar refractivity (Wildman–Crippen MR) is 69.7 cm³/mol. The Labute approximate surface area is 124 Å². The molecule has 2 rings (SSSR count). The molecule has 0 spiro atoms. The van der Waals surface area contributed by atoms with Crippen molar-refractivity contribution in [3.05, 3.63) is 24.3 Å². The van der Waals surface area contributed by atoms with E-state index >= 15 is 0 Å². The summed E-state index contributed by atoms with van der Waals surface area (Å²) in [6, 6.07) is 6.65. The molecule has 0 saturated heterocycles. The van der Waals surface area contributed by atoms with Gasteiger partial charge in [0, 0.05) is 12.4 Å². The molecule has 0 radical (unpaired) electrons. The molecule has 1 heterocycles. The molecule has 1 aromatic carbocycles. The van der Waals surface area contributed by atoms with Crippen LogP contribution in [0, 0.1) is 0 Å². The molecule has 116 valence electrons. The average Bonchev–Trinajstić information content (AvgIpc) is 2.44. The molecule has 1 atom stereocenters. The molecule has 4 nitrogen and oxygen atoms in total. The van der Waals surface area contributed by atoms with Gasteiger partial charge in [-0.05, 0) is 12.1 Å². The molecule has 1 aliphatic heterocycles. The number of carbonyl (C=O) groups is 1. The highest BCUT2D eigenvalue weighted by Gasteiger charge is 2.37. The minimum Gasteiger partial charge on any atom is -0.485 e. The normalized spacial score (nSPS) is 17.4. The van der Waals surface area contributed by atoms with Crippen LogP contribution in [0.4, 0.5) is 13.2 Å². The first-order valence-electron chi connectivity index (χ1n) is 6.20. The number of rotatable bonds is 4. The topological polar surface area (TPSA) is 38.8 Å². The summed E-state index contributed by atoms with van der Waals surface area (Å²) in [5.41, 5.74) is 0. The first-order chi connectivity index (χ1) is 9.90. The van der Waals surface area contributed by atoms with Crippen LogP contribution in [0.3, 0.4) is 0 Å². The second kappa shape index (κ2) is 6.43. The molecule has 0 bridgehead atoms. The summed E-state index contributed by atoms with van der Waals surface area (Å²) < 4.78 is 48.2. The highest BCUT2D eigenvalue weighted by Crippen LogP contribution is 2.31. The second-order valence-electron chi connectivity index (χ2n) is 4.43. The zero-order chi connectivity index (χ0) is 15.5. The van der Waals surface area contributed by atoms with Gasteiger partial charge in [0.05, 0.1) is 0 Å². The van der Waals surface area contributed by atoms with Gasteiger partial charge in [0.2, 0.25) is 6.10 Å². The van der Waals surface area contributed by atoms with E-state index in [0.29, 0.717) is 16.4 Å². The molecule has 0 N–H and O–H groups in total. The molecule has 8 heteroatoms. The summed E-state index contributed by atoms with van der Waals surface area (Å²) in [7, 11) is 0. The molecule has 1 aromatic rings. The molecule has 0 aromatic heterocycles. The van der Waals surface area contributed by atoms with E-state index in [-0.39, 0.29) is 19.0 Å². The maximum absolute atomic E-state index is 12.5. The van der Waals surface area contributed by atoms with Crippen molar-refractivity contribution in [3.8, 4) is 11.5 Å². The Kier molecular flexibility index (Phi) is 4.82. The molecule has 1 unspecified atom stereocenters. The standard InChI is InChI=1S/C13H13ClF3NO3/c14-5-6-18(8-13(15,16)17)12(19)11-7-20-9-3-1-2-4-10(9)21-11/h1-4,11H,5-8H2. The van der Waals surface area contributed by atoms with Gasteiger partial charge in [-0.25, -0.2) is 0 Å². The molecule has 21 heavy (non-hydrogen) atoms. The predicted octanol–water partition coefficient (Wildman–Crippen LogP) is 2.46. The van der Waals surface area contributed by atoms with Crippen LogP contribution in [0.5, 0.6) is 11.5 Å². The van der Waals surface area contributed by atoms with E-state index in [2.05, 4.69) is 0 Å². The van der Waals surface area contributed by atoms with Crippen molar-refractivity contribution in [1.82, 2.24) is 4.90 Å². The van der Waals surface area contributed by atoms with E-state index in [1.165, 1.54) is 0 Å². The summed E-state index contributed by atoms with van der Waals surface area (Å²) in [5.74, 6) is -0.0879. The van der Waals surface area contributed by atoms with Crippen molar-refractivity contribution in [3.63, 3.8) is 0 Å². The third-order valence-corrected chi connectivity index (χ3v) is 2.99. The summed E-state index contributed by atoms with van der Waals surface area (Å²) >= 11 is 5.46. The molecule has 1 aliphatic rings. The van der Waals surface area contributed by atoms with E-state index in [1.54, 1.807) is 24.3 Å². The van der Waals surface area contributed by atoms with E-state index in [4.69, 9.17) is 21.1 Å². The zero-order valence-electron chi connectivity index (χ0n) is 10.9. The van der Waals surface area contributed by atoms with Crippen LogP contribution < -0.4 is 9.47 Å². The highest BCUT2D eigenvalue weighted by molar-refractivity contribution is 6.18. The number of benzene rings is 1. The summed E-state index contributed by atoms with van der Waals surface area (Å²) in [6.07, 6.45) is -5.60. The summed E-state index contributed by atoms with van der Waals surface area (Å²) in [4.78, 5) is 12.8. The highest BCUT2D eigenvalue weighted by atomic mass is 35.5. The van der Waals surface area contributed by atoms with Gasteiger partial charge < -0.3 is 14.4 Å². The van der Waals surface area contributed by atoms with Crippen LogP contribution >= 0.6 is 11.6 Å². The lowest BCUT2D eigenvalue weighted by Crippen LogP contribution is -2.49. The lowest BCUT2D eigenvalue weighted by atomic mass is 10.2. The molecule has 0 aliphatic carbocycles. The monoisotopic (exact) mass is 323 g/mol. The van der Waals surface area contributed by atoms with Gasteiger partial charge in [-0.2, -0.15) is 13.2 Å². The van der Waals surface area contributed by atoms with Crippen molar-refractivity contribution in [2.24, 2.45) is 0 Å². The number of para-hydroxylation sites is 2. The van der Waals surface area contributed by atoms with Crippen molar-refractivity contribution >= 4 is 17.5 Å². The number of ether oxygens (including phenoxy) is 2. The van der Waals surface area contributed by atoms with Crippen molar-refractivity contribution in [1.29, 1.82) is 0 Å². The zero-order valence-corrected chi connectivity index (χ0v) is 11.7. The largest absolute Gasteiger partial charge is 0.485 e. The van der Waals surface area contributed by atoms with E-state index in [9.17, 15) is 18.0 Å². The van der Waals surface area contributed by atoms with E-state index in [1.807, 2.05) is 0 Å². The Balaban J connectivity index is 2.08.